The number of hydrogen-bond donors (Lipinski definition) is 1. The van der Waals surface area contributed by atoms with Crippen LogP contribution in [-0.2, 0) is 4.79 Å². The zero-order valence-electron chi connectivity index (χ0n) is 22.6. The fourth-order valence-electron chi connectivity index (χ4n) is 5.83. The lowest BCUT2D eigenvalue weighted by Crippen LogP contribution is -2.62. The van der Waals surface area contributed by atoms with Gasteiger partial charge in [0.15, 0.2) is 5.82 Å². The van der Waals surface area contributed by atoms with Crippen molar-refractivity contribution in [3.05, 3.63) is 35.9 Å². The van der Waals surface area contributed by atoms with Gasteiger partial charge in [-0.2, -0.15) is 0 Å². The molecular weight excluding hydrogens is 508 g/mol. The number of rotatable bonds is 7. The van der Waals surface area contributed by atoms with Gasteiger partial charge >= 0.3 is 0 Å². The van der Waals surface area contributed by atoms with Gasteiger partial charge in [-0.25, -0.2) is 13.8 Å². The third-order valence-corrected chi connectivity index (χ3v) is 8.04. The second-order valence-corrected chi connectivity index (χ2v) is 11.0. The van der Waals surface area contributed by atoms with Crippen molar-refractivity contribution in [3.8, 4) is 11.6 Å². The lowest BCUT2D eigenvalue weighted by Gasteiger charge is -2.54. The molecule has 3 fully saturated rings. The first-order valence-electron chi connectivity index (χ1n) is 13.6. The second-order valence-electron chi connectivity index (χ2n) is 11.0. The number of piperidine rings is 1. The van der Waals surface area contributed by atoms with Gasteiger partial charge in [0.25, 0.3) is 11.8 Å². The summed E-state index contributed by atoms with van der Waals surface area (Å²) in [6.45, 7) is 9.08. The standard InChI is InChI=1S/C27H35F2N7O3/c1-4-36(17(2)3)25(37)20-11-18(28)5-6-22(20)39-24-23(31-16-32-33-24)35-14-27(15-35)7-9-34(10-8-27)26(38)21-12-19(29)13-30-21/h5-6,11,16-17,19,21,30H,4,7-10,12-15H2,1-3H3/t19-,21+/m1/s1. The van der Waals surface area contributed by atoms with Crippen molar-refractivity contribution in [2.24, 2.45) is 5.41 Å². The number of nitrogens with one attached hydrogen (secondary N) is 1. The summed E-state index contributed by atoms with van der Waals surface area (Å²) in [6.07, 6.45) is 2.31. The maximum atomic E-state index is 14.2. The van der Waals surface area contributed by atoms with E-state index in [4.69, 9.17) is 4.74 Å². The van der Waals surface area contributed by atoms with Crippen LogP contribution in [-0.4, -0.2) is 94.3 Å². The molecule has 4 heterocycles. The Morgan fingerprint density at radius 2 is 2.00 bits per heavy atom. The number of carbonyl (C=O) groups excluding carboxylic acids is 2. The number of anilines is 1. The van der Waals surface area contributed by atoms with E-state index in [0.29, 0.717) is 38.5 Å². The summed E-state index contributed by atoms with van der Waals surface area (Å²) in [6, 6.07) is 3.34. The number of alkyl halides is 1. The summed E-state index contributed by atoms with van der Waals surface area (Å²) in [5, 5.41) is 11.0. The van der Waals surface area contributed by atoms with Crippen LogP contribution in [0, 0.1) is 11.2 Å². The van der Waals surface area contributed by atoms with Gasteiger partial charge < -0.3 is 24.8 Å². The highest BCUT2D eigenvalue weighted by Gasteiger charge is 2.47. The molecule has 12 heteroatoms. The molecule has 0 bridgehead atoms. The fraction of sp³-hybridized carbons (Fsp3) is 0.593. The molecule has 1 N–H and O–H groups in total. The molecule has 2 amide bonds. The highest BCUT2D eigenvalue weighted by Crippen LogP contribution is 2.44. The summed E-state index contributed by atoms with van der Waals surface area (Å²) in [5.41, 5.74) is 0.149. The van der Waals surface area contributed by atoms with E-state index in [0.717, 1.165) is 12.8 Å². The van der Waals surface area contributed by atoms with E-state index in [1.54, 1.807) is 4.90 Å². The number of halogens is 2. The minimum atomic E-state index is -0.960. The van der Waals surface area contributed by atoms with E-state index in [1.165, 1.54) is 24.5 Å². The van der Waals surface area contributed by atoms with Gasteiger partial charge in [0, 0.05) is 57.1 Å². The average Bonchev–Trinajstić information content (AvgIpc) is 3.34. The predicted molar refractivity (Wildman–Crippen MR) is 140 cm³/mol. The Bertz CT molecular complexity index is 1210. The molecule has 2 atom stereocenters. The maximum absolute atomic E-state index is 14.2. The van der Waals surface area contributed by atoms with Gasteiger partial charge in [0.2, 0.25) is 5.91 Å². The molecule has 1 spiro atoms. The van der Waals surface area contributed by atoms with E-state index in [2.05, 4.69) is 20.5 Å². The van der Waals surface area contributed by atoms with Crippen LogP contribution in [0.3, 0.4) is 0 Å². The van der Waals surface area contributed by atoms with Gasteiger partial charge in [-0.15, -0.1) is 10.2 Å². The molecule has 0 aliphatic carbocycles. The quantitative estimate of drug-likeness (QED) is 0.569. The first-order chi connectivity index (χ1) is 18.7. The SMILES string of the molecule is CCN(C(=O)c1cc(F)ccc1Oc1nncnc1N1CC2(CCN(C(=O)[C@@H]3C[C@@H](F)CN3)CC2)C1)C(C)C. The van der Waals surface area contributed by atoms with Crippen LogP contribution in [0.15, 0.2) is 24.5 Å². The van der Waals surface area contributed by atoms with Gasteiger partial charge in [-0.05, 0) is 51.8 Å². The third kappa shape index (κ3) is 5.52. The second kappa shape index (κ2) is 11.0. The van der Waals surface area contributed by atoms with Crippen LogP contribution in [0.25, 0.3) is 0 Å². The van der Waals surface area contributed by atoms with E-state index in [1.807, 2.05) is 30.6 Å². The average molecular weight is 544 g/mol. The topological polar surface area (TPSA) is 104 Å². The zero-order chi connectivity index (χ0) is 27.7. The van der Waals surface area contributed by atoms with E-state index in [9.17, 15) is 18.4 Å². The van der Waals surface area contributed by atoms with Crippen LogP contribution in [0.4, 0.5) is 14.6 Å². The van der Waals surface area contributed by atoms with Gasteiger partial charge in [0.05, 0.1) is 11.6 Å². The molecule has 0 unspecified atom stereocenters. The summed E-state index contributed by atoms with van der Waals surface area (Å²) in [4.78, 5) is 35.9. The molecule has 3 aliphatic rings. The molecule has 1 aromatic carbocycles. The lowest BCUT2D eigenvalue weighted by atomic mass is 9.72. The molecule has 3 saturated heterocycles. The van der Waals surface area contributed by atoms with E-state index >= 15 is 0 Å². The molecule has 2 aromatic rings. The Labute approximate surface area is 226 Å². The molecule has 5 rings (SSSR count). The number of nitrogens with zero attached hydrogens (tertiary/aromatic N) is 6. The summed E-state index contributed by atoms with van der Waals surface area (Å²) >= 11 is 0. The minimum Gasteiger partial charge on any atom is -0.434 e. The molecule has 210 valence electrons. The van der Waals surface area contributed by atoms with Crippen molar-refractivity contribution >= 4 is 17.6 Å². The number of benzene rings is 1. The molecule has 1 aromatic heterocycles. The van der Waals surface area contributed by atoms with E-state index < -0.39 is 18.0 Å². The Hall–Kier alpha value is -3.41. The lowest BCUT2D eigenvalue weighted by molar-refractivity contribution is -0.135. The smallest absolute Gasteiger partial charge is 0.282 e. The van der Waals surface area contributed by atoms with Crippen LogP contribution in [0.2, 0.25) is 0 Å². The van der Waals surface area contributed by atoms with Gasteiger partial charge in [-0.3, -0.25) is 9.59 Å². The Kier molecular flexibility index (Phi) is 7.66. The van der Waals surface area contributed by atoms with Crippen LogP contribution < -0.4 is 15.0 Å². The summed E-state index contributed by atoms with van der Waals surface area (Å²) < 4.78 is 33.7. The molecular formula is C27H35F2N7O3. The van der Waals surface area contributed by atoms with Crippen molar-refractivity contribution in [1.29, 1.82) is 0 Å². The summed E-state index contributed by atoms with van der Waals surface area (Å²) in [7, 11) is 0. The van der Waals surface area contributed by atoms with E-state index in [-0.39, 0.29) is 53.4 Å². The Morgan fingerprint density at radius 3 is 2.64 bits per heavy atom. The molecule has 3 aliphatic heterocycles. The highest BCUT2D eigenvalue weighted by atomic mass is 19.1. The monoisotopic (exact) mass is 543 g/mol. The van der Waals surface area contributed by atoms with Crippen molar-refractivity contribution < 1.29 is 23.1 Å². The number of hydrogen-bond acceptors (Lipinski definition) is 8. The van der Waals surface area contributed by atoms with Gasteiger partial charge in [-0.1, -0.05) is 0 Å². The fourth-order valence-corrected chi connectivity index (χ4v) is 5.83. The molecule has 0 saturated carbocycles. The predicted octanol–water partition coefficient (Wildman–Crippen LogP) is 2.80. The Balaban J connectivity index is 1.26. The maximum Gasteiger partial charge on any atom is 0.282 e. The number of aromatic nitrogens is 3. The largest absolute Gasteiger partial charge is 0.434 e. The number of ether oxygens (including phenoxy) is 1. The zero-order valence-corrected chi connectivity index (χ0v) is 22.6. The van der Waals surface area contributed by atoms with Crippen molar-refractivity contribution in [1.82, 2.24) is 30.3 Å². The first kappa shape index (κ1) is 27.2. The third-order valence-electron chi connectivity index (χ3n) is 8.04. The number of amides is 2. The first-order valence-corrected chi connectivity index (χ1v) is 13.6. The van der Waals surface area contributed by atoms with Crippen LogP contribution in [0.5, 0.6) is 11.6 Å². The van der Waals surface area contributed by atoms with Gasteiger partial charge in [0.1, 0.15) is 24.1 Å². The number of likely N-dealkylation sites (tertiary alicyclic amines) is 1. The van der Waals surface area contributed by atoms with Crippen molar-refractivity contribution in [3.63, 3.8) is 0 Å². The normalized spacial score (nSPS) is 22.2. The Morgan fingerprint density at radius 1 is 1.26 bits per heavy atom. The molecule has 10 nitrogen and oxygen atoms in total. The highest BCUT2D eigenvalue weighted by molar-refractivity contribution is 5.97. The molecule has 0 radical (unpaired) electrons. The number of carbonyl (C=O) groups is 2. The van der Waals surface area contributed by atoms with Crippen LogP contribution >= 0.6 is 0 Å². The van der Waals surface area contributed by atoms with Crippen molar-refractivity contribution in [2.75, 3.05) is 44.2 Å². The minimum absolute atomic E-state index is 0.0133. The van der Waals surface area contributed by atoms with Crippen LogP contribution in [0.1, 0.15) is 50.4 Å². The summed E-state index contributed by atoms with van der Waals surface area (Å²) in [5.74, 6) is -0.0635. The van der Waals surface area contributed by atoms with Crippen molar-refractivity contribution in [2.45, 2.75) is 58.3 Å². The molecule has 39 heavy (non-hydrogen) atoms.